The molecule has 0 aromatic rings. The van der Waals surface area contributed by atoms with E-state index in [0.29, 0.717) is 5.06 Å². The summed E-state index contributed by atoms with van der Waals surface area (Å²) in [6.07, 6.45) is -3.34. The second-order valence-corrected chi connectivity index (χ2v) is 2.93. The highest BCUT2D eigenvalue weighted by atomic mass is 19.4. The zero-order chi connectivity index (χ0) is 12.3. The van der Waals surface area contributed by atoms with Crippen LogP contribution in [0.3, 0.4) is 0 Å². The number of hydroxylamine groups is 2. The molecule has 0 saturated carbocycles. The highest BCUT2D eigenvalue weighted by molar-refractivity contribution is 5.85. The van der Waals surface area contributed by atoms with Crippen molar-refractivity contribution in [2.75, 3.05) is 0 Å². The van der Waals surface area contributed by atoms with E-state index in [1.165, 1.54) is 6.20 Å². The van der Waals surface area contributed by atoms with Crippen LogP contribution < -0.4 is 5.32 Å². The molecule has 0 bridgehead atoms. The lowest BCUT2D eigenvalue weighted by atomic mass is 10.4. The van der Waals surface area contributed by atoms with Crippen molar-refractivity contribution in [2.24, 2.45) is 0 Å². The van der Waals surface area contributed by atoms with E-state index in [0.717, 1.165) is 19.3 Å². The number of hydrogen-bond acceptors (Lipinski definition) is 4. The molecule has 1 heterocycles. The Hall–Kier alpha value is -1.70. The molecule has 16 heavy (non-hydrogen) atoms. The molecule has 0 amide bonds. The van der Waals surface area contributed by atoms with Crippen molar-refractivity contribution in [1.29, 1.82) is 0 Å². The van der Waals surface area contributed by atoms with E-state index in [9.17, 15) is 18.0 Å². The number of halogens is 3. The van der Waals surface area contributed by atoms with E-state index in [4.69, 9.17) is 5.11 Å². The fourth-order valence-corrected chi connectivity index (χ4v) is 0.860. The van der Waals surface area contributed by atoms with Gasteiger partial charge in [-0.15, -0.1) is 0 Å². The van der Waals surface area contributed by atoms with Gasteiger partial charge in [0.25, 0.3) is 0 Å². The molecule has 0 fully saturated rings. The minimum absolute atomic E-state index is 0.432. The van der Waals surface area contributed by atoms with Crippen molar-refractivity contribution in [1.82, 2.24) is 10.4 Å². The number of hydrogen-bond donors (Lipinski definition) is 2. The Morgan fingerprint density at radius 3 is 2.75 bits per heavy atom. The molecule has 5 nitrogen and oxygen atoms in total. The van der Waals surface area contributed by atoms with Crippen molar-refractivity contribution in [3.05, 3.63) is 24.3 Å². The van der Waals surface area contributed by atoms with Crippen molar-refractivity contribution < 1.29 is 27.9 Å². The first-order valence-corrected chi connectivity index (χ1v) is 4.21. The molecule has 1 atom stereocenters. The predicted molar refractivity (Wildman–Crippen MR) is 46.4 cm³/mol. The van der Waals surface area contributed by atoms with Gasteiger partial charge in [-0.05, 0) is 6.92 Å². The normalized spacial score (nSPS) is 17.8. The second-order valence-electron chi connectivity index (χ2n) is 2.93. The van der Waals surface area contributed by atoms with Crippen LogP contribution in [0.25, 0.3) is 0 Å². The molecular formula is C8H9F3N2O3. The van der Waals surface area contributed by atoms with Crippen LogP contribution >= 0.6 is 0 Å². The Balaban J connectivity index is 2.72. The van der Waals surface area contributed by atoms with Gasteiger partial charge in [-0.3, -0.25) is 4.84 Å². The van der Waals surface area contributed by atoms with Crippen LogP contribution in [-0.2, 0) is 9.63 Å². The van der Waals surface area contributed by atoms with Gasteiger partial charge in [0.1, 0.15) is 0 Å². The topological polar surface area (TPSA) is 61.8 Å². The molecule has 90 valence electrons. The monoisotopic (exact) mass is 238 g/mol. The minimum Gasteiger partial charge on any atom is -0.476 e. The maximum absolute atomic E-state index is 12.2. The van der Waals surface area contributed by atoms with Gasteiger partial charge >= 0.3 is 12.1 Å². The zero-order valence-corrected chi connectivity index (χ0v) is 8.15. The summed E-state index contributed by atoms with van der Waals surface area (Å²) in [5, 5.41) is 11.7. The van der Waals surface area contributed by atoms with Gasteiger partial charge < -0.3 is 10.4 Å². The molecule has 0 spiro atoms. The summed E-state index contributed by atoms with van der Waals surface area (Å²) in [7, 11) is 0. The van der Waals surface area contributed by atoms with E-state index < -0.39 is 23.9 Å². The van der Waals surface area contributed by atoms with Crippen molar-refractivity contribution in [3.8, 4) is 0 Å². The first-order chi connectivity index (χ1) is 7.32. The molecule has 1 aliphatic heterocycles. The molecule has 8 heteroatoms. The highest BCUT2D eigenvalue weighted by Crippen LogP contribution is 2.24. The van der Waals surface area contributed by atoms with Crippen molar-refractivity contribution in [2.45, 2.75) is 19.2 Å². The number of aliphatic carboxylic acids is 1. The third-order valence-corrected chi connectivity index (χ3v) is 1.72. The van der Waals surface area contributed by atoms with Gasteiger partial charge in [-0.2, -0.15) is 13.2 Å². The fourth-order valence-electron chi connectivity index (χ4n) is 0.860. The lowest BCUT2D eigenvalue weighted by Crippen LogP contribution is -2.37. The average molecular weight is 238 g/mol. The number of carboxylic acids is 1. The molecular weight excluding hydrogens is 229 g/mol. The zero-order valence-electron chi connectivity index (χ0n) is 8.15. The Labute approximate surface area is 88.7 Å². The van der Waals surface area contributed by atoms with E-state index in [1.54, 1.807) is 0 Å². The van der Waals surface area contributed by atoms with Crippen LogP contribution in [0.4, 0.5) is 13.2 Å². The summed E-state index contributed by atoms with van der Waals surface area (Å²) in [4.78, 5) is 15.1. The average Bonchev–Trinajstić information content (AvgIpc) is 2.16. The summed E-state index contributed by atoms with van der Waals surface area (Å²) in [6, 6.07) is 0. The van der Waals surface area contributed by atoms with E-state index >= 15 is 0 Å². The van der Waals surface area contributed by atoms with E-state index in [1.807, 2.05) is 0 Å². The number of nitrogens with zero attached hydrogens (tertiary/aromatic N) is 1. The van der Waals surface area contributed by atoms with E-state index in [2.05, 4.69) is 10.2 Å². The quantitative estimate of drug-likeness (QED) is 0.772. The van der Waals surface area contributed by atoms with Gasteiger partial charge in [-0.1, -0.05) is 0 Å². The second kappa shape index (κ2) is 4.44. The Morgan fingerprint density at radius 1 is 1.62 bits per heavy atom. The minimum atomic E-state index is -4.55. The lowest BCUT2D eigenvalue weighted by molar-refractivity contribution is -0.270. The predicted octanol–water partition coefficient (Wildman–Crippen LogP) is 1.17. The molecule has 1 unspecified atom stereocenters. The smallest absolute Gasteiger partial charge is 0.416 e. The van der Waals surface area contributed by atoms with Gasteiger partial charge in [-0.25, -0.2) is 9.86 Å². The molecule has 0 aromatic carbocycles. The largest absolute Gasteiger partial charge is 0.476 e. The van der Waals surface area contributed by atoms with Crippen LogP contribution in [0.15, 0.2) is 24.3 Å². The van der Waals surface area contributed by atoms with Gasteiger partial charge in [0, 0.05) is 18.6 Å². The Morgan fingerprint density at radius 2 is 2.25 bits per heavy atom. The summed E-state index contributed by atoms with van der Waals surface area (Å²) < 4.78 is 36.5. The van der Waals surface area contributed by atoms with Crippen molar-refractivity contribution >= 4 is 5.97 Å². The summed E-state index contributed by atoms with van der Waals surface area (Å²) >= 11 is 0. The first-order valence-electron chi connectivity index (χ1n) is 4.21. The Kier molecular flexibility index (Phi) is 3.43. The standard InChI is InChI=1S/C8H9F3N2O3/c1-5(8(9,10)11)16-13-3-2-12-4-6(13)7(14)15/h2-5,12H,1H3,(H,14,15). The SMILES string of the molecule is CC(ON1C=CNC=C1C(=O)O)C(F)(F)F. The number of rotatable bonds is 3. The molecule has 1 rings (SSSR count). The van der Waals surface area contributed by atoms with Gasteiger partial charge in [0.15, 0.2) is 11.8 Å². The summed E-state index contributed by atoms with van der Waals surface area (Å²) in [6.45, 7) is 0.787. The molecule has 0 radical (unpaired) electrons. The van der Waals surface area contributed by atoms with Crippen LogP contribution in [0.2, 0.25) is 0 Å². The summed E-state index contributed by atoms with van der Waals surface area (Å²) in [5.74, 6) is -1.40. The number of carbonyl (C=O) groups is 1. The number of nitrogens with one attached hydrogen (secondary N) is 1. The Bertz CT molecular complexity index is 338. The van der Waals surface area contributed by atoms with Gasteiger partial charge in [0.2, 0.25) is 0 Å². The molecule has 0 aromatic heterocycles. The molecule has 0 saturated heterocycles. The highest BCUT2D eigenvalue weighted by Gasteiger charge is 2.39. The first kappa shape index (κ1) is 12.4. The van der Waals surface area contributed by atoms with E-state index in [-0.39, 0.29) is 0 Å². The number of carboxylic acid groups (broad SMARTS) is 1. The third kappa shape index (κ3) is 2.89. The van der Waals surface area contributed by atoms with Crippen LogP contribution in [-0.4, -0.2) is 28.4 Å². The molecule has 1 aliphatic rings. The van der Waals surface area contributed by atoms with Gasteiger partial charge in [0.05, 0.1) is 0 Å². The maximum atomic E-state index is 12.2. The van der Waals surface area contributed by atoms with Crippen molar-refractivity contribution in [3.63, 3.8) is 0 Å². The maximum Gasteiger partial charge on any atom is 0.416 e. The molecule has 2 N–H and O–H groups in total. The lowest BCUT2D eigenvalue weighted by Gasteiger charge is -2.26. The number of alkyl halides is 3. The third-order valence-electron chi connectivity index (χ3n) is 1.72. The summed E-state index contributed by atoms with van der Waals surface area (Å²) in [5.41, 5.74) is -0.432. The fraction of sp³-hybridized carbons (Fsp3) is 0.375. The molecule has 0 aliphatic carbocycles. The van der Waals surface area contributed by atoms with Crippen LogP contribution in [0.5, 0.6) is 0 Å². The van der Waals surface area contributed by atoms with Crippen LogP contribution in [0.1, 0.15) is 6.92 Å². The van der Waals surface area contributed by atoms with Crippen LogP contribution in [0, 0.1) is 0 Å².